The van der Waals surface area contributed by atoms with E-state index < -0.39 is 6.10 Å². The molecule has 0 spiro atoms. The molecular weight excluding hydrogens is 386 g/mol. The standard InChI is InChI=1S/C22H23N3O5/c1-3-17-22(28)25(16-6-4-5-7-18(16)30-17)11-10-20(26)23-14-8-9-15-19(12-14)29-13-21(27)24(15)2/h4-9,12,17H,3,10-11,13H2,1-2H3,(H,23,26). The summed E-state index contributed by atoms with van der Waals surface area (Å²) < 4.78 is 11.2. The topological polar surface area (TPSA) is 88.2 Å². The molecular formula is C22H23N3O5. The van der Waals surface area contributed by atoms with Crippen molar-refractivity contribution in [2.75, 3.05) is 35.3 Å². The van der Waals surface area contributed by atoms with Crippen LogP contribution in [0.15, 0.2) is 42.5 Å². The SMILES string of the molecule is CCC1Oc2ccccc2N(CCC(=O)Nc2ccc3c(c2)OCC(=O)N3C)C1=O. The number of amides is 3. The molecule has 30 heavy (non-hydrogen) atoms. The van der Waals surface area contributed by atoms with Crippen LogP contribution in [-0.2, 0) is 14.4 Å². The summed E-state index contributed by atoms with van der Waals surface area (Å²) in [5, 5.41) is 2.83. The first-order valence-electron chi connectivity index (χ1n) is 9.88. The summed E-state index contributed by atoms with van der Waals surface area (Å²) in [5.41, 5.74) is 1.90. The van der Waals surface area contributed by atoms with E-state index in [0.29, 0.717) is 35.0 Å². The predicted molar refractivity (Wildman–Crippen MR) is 112 cm³/mol. The molecule has 0 saturated heterocycles. The van der Waals surface area contributed by atoms with E-state index in [2.05, 4.69) is 5.32 Å². The Bertz CT molecular complexity index is 1010. The second kappa shape index (κ2) is 8.06. The van der Waals surface area contributed by atoms with Crippen LogP contribution in [0.5, 0.6) is 11.5 Å². The van der Waals surface area contributed by atoms with E-state index in [1.165, 1.54) is 4.90 Å². The summed E-state index contributed by atoms with van der Waals surface area (Å²) in [4.78, 5) is 40.1. The van der Waals surface area contributed by atoms with Gasteiger partial charge in [-0.25, -0.2) is 0 Å². The van der Waals surface area contributed by atoms with Crippen molar-refractivity contribution in [3.63, 3.8) is 0 Å². The van der Waals surface area contributed by atoms with E-state index in [-0.39, 0.29) is 37.3 Å². The maximum Gasteiger partial charge on any atom is 0.268 e. The Balaban J connectivity index is 1.43. The summed E-state index contributed by atoms with van der Waals surface area (Å²) in [6.07, 6.45) is 0.148. The zero-order valence-electron chi connectivity index (χ0n) is 16.9. The number of anilines is 3. The second-order valence-electron chi connectivity index (χ2n) is 7.19. The molecule has 1 unspecified atom stereocenters. The normalized spacial score (nSPS) is 17.6. The Morgan fingerprint density at radius 1 is 1.13 bits per heavy atom. The van der Waals surface area contributed by atoms with Gasteiger partial charge in [0.05, 0.1) is 11.4 Å². The van der Waals surface area contributed by atoms with Gasteiger partial charge in [0, 0.05) is 31.8 Å². The van der Waals surface area contributed by atoms with Crippen LogP contribution >= 0.6 is 0 Å². The highest BCUT2D eigenvalue weighted by Gasteiger charge is 2.33. The lowest BCUT2D eigenvalue weighted by Crippen LogP contribution is -2.46. The zero-order chi connectivity index (χ0) is 21.3. The van der Waals surface area contributed by atoms with Gasteiger partial charge in [0.15, 0.2) is 12.7 Å². The Kier molecular flexibility index (Phi) is 5.31. The number of fused-ring (bicyclic) bond motifs is 2. The van der Waals surface area contributed by atoms with Crippen molar-refractivity contribution in [1.82, 2.24) is 0 Å². The molecule has 2 aromatic carbocycles. The summed E-state index contributed by atoms with van der Waals surface area (Å²) in [6.45, 7) is 2.11. The van der Waals surface area contributed by atoms with Gasteiger partial charge in [0.1, 0.15) is 11.5 Å². The highest BCUT2D eigenvalue weighted by atomic mass is 16.5. The number of rotatable bonds is 5. The number of nitrogens with one attached hydrogen (secondary N) is 1. The molecule has 0 bridgehead atoms. The smallest absolute Gasteiger partial charge is 0.268 e. The minimum Gasteiger partial charge on any atom is -0.481 e. The molecule has 2 aromatic rings. The van der Waals surface area contributed by atoms with Gasteiger partial charge in [-0.15, -0.1) is 0 Å². The van der Waals surface area contributed by atoms with E-state index in [1.807, 2.05) is 31.2 Å². The van der Waals surface area contributed by atoms with Crippen LogP contribution in [0, 0.1) is 0 Å². The van der Waals surface area contributed by atoms with E-state index in [0.717, 1.165) is 0 Å². The number of nitrogens with zero attached hydrogens (tertiary/aromatic N) is 2. The maximum absolute atomic E-state index is 12.7. The van der Waals surface area contributed by atoms with Crippen LogP contribution in [0.4, 0.5) is 17.1 Å². The maximum atomic E-state index is 12.7. The fourth-order valence-electron chi connectivity index (χ4n) is 3.56. The van der Waals surface area contributed by atoms with E-state index in [4.69, 9.17) is 9.47 Å². The molecule has 0 radical (unpaired) electrons. The molecule has 2 aliphatic heterocycles. The van der Waals surface area contributed by atoms with Crippen LogP contribution in [0.25, 0.3) is 0 Å². The van der Waals surface area contributed by atoms with Gasteiger partial charge < -0.3 is 24.6 Å². The third-order valence-electron chi connectivity index (χ3n) is 5.23. The van der Waals surface area contributed by atoms with Gasteiger partial charge in [0.2, 0.25) is 5.91 Å². The van der Waals surface area contributed by atoms with Gasteiger partial charge >= 0.3 is 0 Å². The predicted octanol–water partition coefficient (Wildman–Crippen LogP) is 2.57. The Hall–Kier alpha value is -3.55. The van der Waals surface area contributed by atoms with Crippen molar-refractivity contribution in [3.8, 4) is 11.5 Å². The summed E-state index contributed by atoms with van der Waals surface area (Å²) in [7, 11) is 1.68. The van der Waals surface area contributed by atoms with Crippen molar-refractivity contribution < 1.29 is 23.9 Å². The minimum absolute atomic E-state index is 0.0297. The minimum atomic E-state index is -0.541. The zero-order valence-corrected chi connectivity index (χ0v) is 16.9. The van der Waals surface area contributed by atoms with Crippen molar-refractivity contribution in [1.29, 1.82) is 0 Å². The Morgan fingerprint density at radius 2 is 1.93 bits per heavy atom. The first kappa shape index (κ1) is 19.8. The molecule has 2 aliphatic rings. The average molecular weight is 409 g/mol. The van der Waals surface area contributed by atoms with Crippen LogP contribution in [-0.4, -0.2) is 44.0 Å². The average Bonchev–Trinajstić information content (AvgIpc) is 2.75. The molecule has 4 rings (SSSR count). The number of para-hydroxylation sites is 2. The molecule has 1 N–H and O–H groups in total. The molecule has 0 aliphatic carbocycles. The van der Waals surface area contributed by atoms with E-state index in [9.17, 15) is 14.4 Å². The number of ether oxygens (including phenoxy) is 2. The molecule has 2 heterocycles. The van der Waals surface area contributed by atoms with Crippen molar-refractivity contribution in [2.24, 2.45) is 0 Å². The number of hydrogen-bond acceptors (Lipinski definition) is 5. The molecule has 0 aromatic heterocycles. The molecule has 156 valence electrons. The molecule has 8 nitrogen and oxygen atoms in total. The highest BCUT2D eigenvalue weighted by Crippen LogP contribution is 2.35. The van der Waals surface area contributed by atoms with Crippen molar-refractivity contribution >= 4 is 34.8 Å². The van der Waals surface area contributed by atoms with E-state index >= 15 is 0 Å². The third-order valence-corrected chi connectivity index (χ3v) is 5.23. The number of carbonyl (C=O) groups is 3. The lowest BCUT2D eigenvalue weighted by molar-refractivity contribution is -0.126. The van der Waals surface area contributed by atoms with Gasteiger partial charge in [0.25, 0.3) is 11.8 Å². The molecule has 0 saturated carbocycles. The molecule has 1 atom stereocenters. The van der Waals surface area contributed by atoms with Crippen LogP contribution in [0.3, 0.4) is 0 Å². The van der Waals surface area contributed by atoms with Gasteiger partial charge in [-0.1, -0.05) is 19.1 Å². The number of hydrogen-bond donors (Lipinski definition) is 1. The molecule has 8 heteroatoms. The fraction of sp³-hybridized carbons (Fsp3) is 0.318. The molecule has 3 amide bonds. The number of carbonyl (C=O) groups excluding carboxylic acids is 3. The molecule has 0 fully saturated rings. The largest absolute Gasteiger partial charge is 0.481 e. The highest BCUT2D eigenvalue weighted by molar-refractivity contribution is 6.01. The van der Waals surface area contributed by atoms with Crippen LogP contribution in [0.2, 0.25) is 0 Å². The van der Waals surface area contributed by atoms with Crippen molar-refractivity contribution in [3.05, 3.63) is 42.5 Å². The lowest BCUT2D eigenvalue weighted by atomic mass is 10.1. The number of benzene rings is 2. The van der Waals surface area contributed by atoms with Crippen molar-refractivity contribution in [2.45, 2.75) is 25.9 Å². The quantitative estimate of drug-likeness (QED) is 0.820. The van der Waals surface area contributed by atoms with Crippen LogP contribution in [0.1, 0.15) is 19.8 Å². The summed E-state index contributed by atoms with van der Waals surface area (Å²) >= 11 is 0. The van der Waals surface area contributed by atoms with Gasteiger partial charge in [-0.05, 0) is 30.7 Å². The Labute approximate surface area is 174 Å². The third kappa shape index (κ3) is 3.68. The monoisotopic (exact) mass is 409 g/mol. The Morgan fingerprint density at radius 3 is 2.73 bits per heavy atom. The summed E-state index contributed by atoms with van der Waals surface area (Å²) in [6, 6.07) is 12.5. The van der Waals surface area contributed by atoms with Crippen LogP contribution < -0.4 is 24.6 Å². The first-order valence-corrected chi connectivity index (χ1v) is 9.88. The lowest BCUT2D eigenvalue weighted by Gasteiger charge is -2.34. The van der Waals surface area contributed by atoms with Gasteiger partial charge in [-0.2, -0.15) is 0 Å². The van der Waals surface area contributed by atoms with Gasteiger partial charge in [-0.3, -0.25) is 14.4 Å². The second-order valence-corrected chi connectivity index (χ2v) is 7.19. The first-order chi connectivity index (χ1) is 14.5. The summed E-state index contributed by atoms with van der Waals surface area (Å²) in [5.74, 6) is 0.701. The number of likely N-dealkylation sites (N-methyl/N-ethyl adjacent to an activating group) is 1. The van der Waals surface area contributed by atoms with E-state index in [1.54, 1.807) is 30.1 Å². The fourth-order valence-corrected chi connectivity index (χ4v) is 3.56.